The average molecular weight is 1140 g/mol. The Bertz CT molecular complexity index is 3010. The minimum absolute atomic E-state index is 0.0200. The van der Waals surface area contributed by atoms with Gasteiger partial charge in [0.25, 0.3) is 11.2 Å². The first-order valence-corrected chi connectivity index (χ1v) is 24.7. The number of nitrogens with zero attached hydrogens (tertiary/aromatic N) is 1. The lowest BCUT2D eigenvalue weighted by Gasteiger charge is -2.52. The maximum Gasteiger partial charge on any atom is 0.432 e. The van der Waals surface area contributed by atoms with Crippen LogP contribution in [0.15, 0.2) is 103 Å². The number of benzene rings is 4. The van der Waals surface area contributed by atoms with Gasteiger partial charge in [-0.1, -0.05) is 108 Å². The number of phenols is 1. The maximum atomic E-state index is 15.4. The molecule has 418 valence electrons. The molecule has 5 aliphatic heterocycles. The molecule has 11 rings (SSSR count). The normalized spacial score (nSPS) is 26.2. The number of alkyl halides is 6. The number of fused-ring (bicyclic) bond motifs is 1. The van der Waals surface area contributed by atoms with Crippen LogP contribution in [0.3, 0.4) is 0 Å². The number of hydrogen-bond donors (Lipinski definition) is 3. The fourth-order valence-electron chi connectivity index (χ4n) is 10.7. The van der Waals surface area contributed by atoms with Gasteiger partial charge < -0.3 is 58.3 Å². The van der Waals surface area contributed by atoms with Gasteiger partial charge in [0.1, 0.15) is 12.7 Å². The van der Waals surface area contributed by atoms with Crippen molar-refractivity contribution >= 4 is 52.6 Å². The molecule has 0 spiro atoms. The number of halogens is 8. The van der Waals surface area contributed by atoms with Gasteiger partial charge in [0.05, 0.1) is 34.2 Å². The molecule has 3 N–H and O–H groups in total. The van der Waals surface area contributed by atoms with E-state index in [0.29, 0.717) is 14.2 Å². The monoisotopic (exact) mass is 1140 g/mol. The van der Waals surface area contributed by atoms with Crippen LogP contribution in [-0.4, -0.2) is 122 Å². The minimum Gasteiger partial charge on any atom is -0.504 e. The van der Waals surface area contributed by atoms with E-state index in [-0.39, 0.29) is 37.9 Å². The summed E-state index contributed by atoms with van der Waals surface area (Å²) in [6.45, 7) is 3.21. The minimum atomic E-state index is -5.47. The lowest BCUT2D eigenvalue weighted by Crippen LogP contribution is -2.69. The fraction of sp³-hybridized carbons (Fsp3) is 0.407. The molecular weight excluding hydrogens is 1090 g/mol. The van der Waals surface area contributed by atoms with E-state index in [1.165, 1.54) is 91.6 Å². The van der Waals surface area contributed by atoms with E-state index in [4.69, 9.17) is 61.1 Å². The van der Waals surface area contributed by atoms with Gasteiger partial charge in [-0.25, -0.2) is 9.59 Å². The standard InChI is InChI=1S/C54H52Cl2F6N2O14/c1-27(65)63-35-25-38(67)73-26-37(74-47(69)51(71-6,53(57,58)59)29-15-10-8-11-16-29)31-20-21-32-39(40(31)56)33-19-14-22-50(33,45(32)75-42-34(55)23-28(35)24-36(42)66)78-46-43(41(68)44(64(4)5)49(2,3)77-46)76-48(70)52(72-7,54(60,61)62)30-17-12-9-13-18-30/h8-24,35,37,41,43-46,66,68H,25-26H2,1-7H3,(H,63,65)/t35-,37-,41-,43+,44-,45+,46-,50+,51-,52-/m0/s1. The molecule has 10 atom stereocenters. The van der Waals surface area contributed by atoms with E-state index >= 15 is 26.3 Å². The first-order chi connectivity index (χ1) is 36.6. The summed E-state index contributed by atoms with van der Waals surface area (Å²) in [7, 11) is 4.39. The average Bonchev–Trinajstić information content (AvgIpc) is 3.89. The Morgan fingerprint density at radius 2 is 1.40 bits per heavy atom. The van der Waals surface area contributed by atoms with Crippen LogP contribution in [0.4, 0.5) is 26.3 Å². The summed E-state index contributed by atoms with van der Waals surface area (Å²) in [4.78, 5) is 56.5. The number of carbonyl (C=O) groups excluding carboxylic acids is 4. The van der Waals surface area contributed by atoms with Crippen molar-refractivity contribution in [1.82, 2.24) is 10.2 Å². The van der Waals surface area contributed by atoms with E-state index in [0.717, 1.165) is 37.3 Å². The van der Waals surface area contributed by atoms with Gasteiger partial charge >= 0.3 is 30.3 Å². The van der Waals surface area contributed by atoms with Crippen LogP contribution in [0.2, 0.25) is 10.0 Å². The van der Waals surface area contributed by atoms with Crippen molar-refractivity contribution in [3.05, 3.63) is 147 Å². The number of rotatable bonds is 12. The highest BCUT2D eigenvalue weighted by molar-refractivity contribution is 6.34. The van der Waals surface area contributed by atoms with Crippen molar-refractivity contribution in [3.63, 3.8) is 0 Å². The molecule has 1 fully saturated rings. The van der Waals surface area contributed by atoms with Gasteiger partial charge in [-0.2, -0.15) is 26.3 Å². The van der Waals surface area contributed by atoms with E-state index in [9.17, 15) is 29.4 Å². The van der Waals surface area contributed by atoms with Crippen LogP contribution in [0.5, 0.6) is 11.5 Å². The van der Waals surface area contributed by atoms with Gasteiger partial charge in [0, 0.05) is 54.5 Å². The van der Waals surface area contributed by atoms with Crippen molar-refractivity contribution in [2.24, 2.45) is 0 Å². The Morgan fingerprint density at radius 3 is 1.92 bits per heavy atom. The number of ether oxygens (including phenoxy) is 8. The highest BCUT2D eigenvalue weighted by atomic mass is 35.5. The molecule has 5 heterocycles. The number of nitrogens with one attached hydrogen (secondary N) is 1. The highest BCUT2D eigenvalue weighted by Crippen LogP contribution is 2.60. The number of amides is 1. The zero-order valence-corrected chi connectivity index (χ0v) is 44.0. The van der Waals surface area contributed by atoms with Gasteiger partial charge in [-0.15, -0.1) is 0 Å². The molecule has 0 saturated carbocycles. The van der Waals surface area contributed by atoms with E-state index in [1.54, 1.807) is 14.1 Å². The van der Waals surface area contributed by atoms with Gasteiger partial charge in [-0.05, 0) is 51.7 Å². The number of aromatic hydroxyl groups is 1. The molecule has 24 heteroatoms. The maximum absolute atomic E-state index is 15.4. The summed E-state index contributed by atoms with van der Waals surface area (Å²) in [5.74, 6) is -6.86. The molecule has 78 heavy (non-hydrogen) atoms. The number of likely N-dealkylation sites (N-methyl/N-ethyl adjacent to an activating group) is 1. The Morgan fingerprint density at radius 1 is 0.833 bits per heavy atom. The number of methoxy groups -OCH3 is 2. The third-order valence-corrected chi connectivity index (χ3v) is 14.8. The molecular formula is C54H52Cl2F6N2O14. The molecule has 6 bridgehead atoms. The SMILES string of the molecule is CO[C@](C(=O)O[C@H]1[C@H](O[C@]23C=CC=C2c2c4ccc(c2Cl)[C@@H](OC(=O)[C@@](OC)(c2ccccc2)C(F)(F)F)COC(=O)C[C@H](NC(C)=O)c2cc(O)c(c(Cl)c2)O[C@H]43)OC(C)(C)[C@@H](N(C)C)[C@H]1O)(c1ccccc1)C(F)(F)F. The Hall–Kier alpha value is -6.24. The summed E-state index contributed by atoms with van der Waals surface area (Å²) >= 11 is 14.2. The quantitative estimate of drug-likeness (QED) is 0.0691. The topological polar surface area (TPSA) is 198 Å². The van der Waals surface area contributed by atoms with Gasteiger partial charge in [0.2, 0.25) is 5.91 Å². The number of aliphatic hydroxyl groups is 1. The second kappa shape index (κ2) is 21.4. The van der Waals surface area contributed by atoms with Gasteiger partial charge in [-0.3, -0.25) is 9.59 Å². The third kappa shape index (κ3) is 9.87. The molecule has 0 radical (unpaired) electrons. The van der Waals surface area contributed by atoms with E-state index in [2.05, 4.69) is 5.32 Å². The molecule has 4 aromatic rings. The number of allylic oxidation sites excluding steroid dienone is 2. The number of esters is 3. The Labute approximate surface area is 452 Å². The van der Waals surface area contributed by atoms with Crippen molar-refractivity contribution in [1.29, 1.82) is 0 Å². The van der Waals surface area contributed by atoms with E-state index in [1.807, 2.05) is 0 Å². The summed E-state index contributed by atoms with van der Waals surface area (Å²) in [6, 6.07) is 14.3. The summed E-state index contributed by atoms with van der Waals surface area (Å²) < 4.78 is 139. The smallest absolute Gasteiger partial charge is 0.432 e. The Kier molecular flexibility index (Phi) is 15.9. The predicted octanol–water partition coefficient (Wildman–Crippen LogP) is 8.80. The molecule has 0 aromatic heterocycles. The largest absolute Gasteiger partial charge is 0.504 e. The zero-order chi connectivity index (χ0) is 57.1. The van der Waals surface area contributed by atoms with Crippen molar-refractivity contribution in [2.75, 3.05) is 34.9 Å². The van der Waals surface area contributed by atoms with Crippen LogP contribution >= 0.6 is 23.2 Å². The molecule has 4 aromatic carbocycles. The van der Waals surface area contributed by atoms with Crippen LogP contribution in [0, 0.1) is 0 Å². The number of hydrogen-bond acceptors (Lipinski definition) is 15. The first kappa shape index (κ1) is 57.9. The molecule has 7 aliphatic rings. The second-order valence-corrected chi connectivity index (χ2v) is 20.3. The number of aliphatic hydroxyl groups excluding tert-OH is 1. The van der Waals surface area contributed by atoms with Crippen LogP contribution in [0.1, 0.15) is 78.8 Å². The van der Waals surface area contributed by atoms with Crippen LogP contribution in [-0.2, 0) is 63.5 Å². The van der Waals surface area contributed by atoms with Crippen molar-refractivity contribution < 1.29 is 93.6 Å². The van der Waals surface area contributed by atoms with Crippen molar-refractivity contribution in [3.8, 4) is 11.5 Å². The zero-order valence-electron chi connectivity index (χ0n) is 42.5. The predicted molar refractivity (Wildman–Crippen MR) is 265 cm³/mol. The molecule has 2 aliphatic carbocycles. The molecule has 16 nitrogen and oxygen atoms in total. The number of carbonyl (C=O) groups is 4. The third-order valence-electron chi connectivity index (χ3n) is 14.1. The summed E-state index contributed by atoms with van der Waals surface area (Å²) in [5.41, 5.74) is -12.6. The molecule has 1 saturated heterocycles. The lowest BCUT2D eigenvalue weighted by atomic mass is 9.85. The Balaban J connectivity index is 1.31. The summed E-state index contributed by atoms with van der Waals surface area (Å²) in [6.07, 6.45) is -17.0. The second-order valence-electron chi connectivity index (χ2n) is 19.5. The van der Waals surface area contributed by atoms with Crippen LogP contribution in [0.25, 0.3) is 5.57 Å². The first-order valence-electron chi connectivity index (χ1n) is 23.9. The summed E-state index contributed by atoms with van der Waals surface area (Å²) in [5, 5.41) is 25.9. The van der Waals surface area contributed by atoms with Crippen LogP contribution < -0.4 is 10.1 Å². The number of phenolic OH excluding ortho intramolecular Hbond substituents is 1. The van der Waals surface area contributed by atoms with Crippen molar-refractivity contribution in [2.45, 2.75) is 105 Å². The molecule has 1 amide bonds. The fourth-order valence-corrected chi connectivity index (χ4v) is 11.4. The lowest BCUT2D eigenvalue weighted by molar-refractivity contribution is -0.338. The van der Waals surface area contributed by atoms with E-state index < -0.39 is 137 Å². The van der Waals surface area contributed by atoms with Gasteiger partial charge in [0.15, 0.2) is 41.7 Å². The molecule has 0 unspecified atom stereocenters. The highest BCUT2D eigenvalue weighted by Gasteiger charge is 2.67.